The molecule has 1 N–H and O–H groups in total. The fourth-order valence-electron chi connectivity index (χ4n) is 4.63. The van der Waals surface area contributed by atoms with Gasteiger partial charge >= 0.3 is 5.97 Å². The smallest absolute Gasteiger partial charge is 0.337 e. The van der Waals surface area contributed by atoms with Crippen LogP contribution >= 0.6 is 0 Å². The minimum atomic E-state index is -0.219. The summed E-state index contributed by atoms with van der Waals surface area (Å²) in [6, 6.07) is 21.2. The number of ether oxygens (including phenoxy) is 1. The molecule has 146 valence electrons. The van der Waals surface area contributed by atoms with Crippen LogP contribution in [0.4, 0.5) is 11.4 Å². The van der Waals surface area contributed by atoms with Crippen LogP contribution in [0.25, 0.3) is 10.8 Å². The standard InChI is InChI=1S/C25H24N2O2/c1-3-27(4-2)18-12-9-17(10-13-18)22-23-19-8-6-5-7-16(19)11-14-20(23)26-21-15-29-25(28)24(21)22/h5-14,22,26H,3-4,15H2,1-2H3. The van der Waals surface area contributed by atoms with E-state index in [2.05, 4.69) is 78.7 Å². The quantitative estimate of drug-likeness (QED) is 0.639. The van der Waals surface area contributed by atoms with Gasteiger partial charge in [-0.15, -0.1) is 0 Å². The van der Waals surface area contributed by atoms with Crippen molar-refractivity contribution >= 4 is 28.1 Å². The van der Waals surface area contributed by atoms with E-state index in [-0.39, 0.29) is 11.9 Å². The molecule has 3 aromatic rings. The van der Waals surface area contributed by atoms with Crippen molar-refractivity contribution in [3.63, 3.8) is 0 Å². The fourth-order valence-corrected chi connectivity index (χ4v) is 4.63. The molecule has 4 nitrogen and oxygen atoms in total. The summed E-state index contributed by atoms with van der Waals surface area (Å²) in [4.78, 5) is 15.0. The first-order valence-electron chi connectivity index (χ1n) is 10.2. The van der Waals surface area contributed by atoms with Gasteiger partial charge in [0.1, 0.15) is 6.61 Å². The van der Waals surface area contributed by atoms with Gasteiger partial charge in [-0.25, -0.2) is 4.79 Å². The maximum absolute atomic E-state index is 12.7. The highest BCUT2D eigenvalue weighted by Crippen LogP contribution is 2.47. The van der Waals surface area contributed by atoms with Gasteiger partial charge in [-0.05, 0) is 53.9 Å². The van der Waals surface area contributed by atoms with Gasteiger partial charge < -0.3 is 15.0 Å². The Bertz CT molecular complexity index is 1130. The molecule has 2 heterocycles. The van der Waals surface area contributed by atoms with Crippen molar-refractivity contribution in [2.45, 2.75) is 19.8 Å². The summed E-state index contributed by atoms with van der Waals surface area (Å²) in [5.74, 6) is -0.350. The van der Waals surface area contributed by atoms with Gasteiger partial charge in [0.2, 0.25) is 0 Å². The van der Waals surface area contributed by atoms with Gasteiger partial charge in [0.05, 0.1) is 11.3 Å². The number of cyclic esters (lactones) is 1. The van der Waals surface area contributed by atoms with Crippen molar-refractivity contribution in [1.29, 1.82) is 0 Å². The van der Waals surface area contributed by atoms with E-state index in [4.69, 9.17) is 4.74 Å². The summed E-state index contributed by atoms with van der Waals surface area (Å²) in [5.41, 5.74) is 6.15. The minimum Gasteiger partial charge on any atom is -0.456 e. The molecule has 0 saturated heterocycles. The molecule has 5 rings (SSSR count). The Morgan fingerprint density at radius 1 is 1.00 bits per heavy atom. The number of esters is 1. The van der Waals surface area contributed by atoms with Crippen LogP contribution in [0.15, 0.2) is 71.9 Å². The van der Waals surface area contributed by atoms with Gasteiger partial charge in [-0.1, -0.05) is 42.5 Å². The first-order valence-corrected chi connectivity index (χ1v) is 10.2. The normalized spacial score (nSPS) is 17.6. The summed E-state index contributed by atoms with van der Waals surface area (Å²) in [5, 5.41) is 5.80. The fraction of sp³-hybridized carbons (Fsp3) is 0.240. The number of carbonyl (C=O) groups is 1. The van der Waals surface area contributed by atoms with Crippen LogP contribution in [0.5, 0.6) is 0 Å². The molecule has 0 aliphatic carbocycles. The van der Waals surface area contributed by atoms with E-state index in [0.29, 0.717) is 6.61 Å². The lowest BCUT2D eigenvalue weighted by atomic mass is 9.79. The van der Waals surface area contributed by atoms with Gasteiger partial charge in [0.25, 0.3) is 0 Å². The Morgan fingerprint density at radius 3 is 2.52 bits per heavy atom. The number of nitrogens with one attached hydrogen (secondary N) is 1. The van der Waals surface area contributed by atoms with Crippen molar-refractivity contribution < 1.29 is 9.53 Å². The van der Waals surface area contributed by atoms with Crippen LogP contribution in [0, 0.1) is 0 Å². The highest BCUT2D eigenvalue weighted by Gasteiger charge is 2.39. The highest BCUT2D eigenvalue weighted by atomic mass is 16.5. The summed E-state index contributed by atoms with van der Waals surface area (Å²) < 4.78 is 5.41. The topological polar surface area (TPSA) is 41.6 Å². The monoisotopic (exact) mass is 384 g/mol. The molecule has 4 heteroatoms. The van der Waals surface area contributed by atoms with Crippen LogP contribution in [-0.4, -0.2) is 25.7 Å². The zero-order valence-corrected chi connectivity index (χ0v) is 16.7. The first-order chi connectivity index (χ1) is 14.2. The maximum Gasteiger partial charge on any atom is 0.337 e. The summed E-state index contributed by atoms with van der Waals surface area (Å²) >= 11 is 0. The summed E-state index contributed by atoms with van der Waals surface area (Å²) in [6.45, 7) is 6.58. The van der Waals surface area contributed by atoms with E-state index < -0.39 is 0 Å². The molecule has 0 radical (unpaired) electrons. The van der Waals surface area contributed by atoms with E-state index in [0.717, 1.165) is 41.2 Å². The maximum atomic E-state index is 12.7. The number of benzene rings is 3. The lowest BCUT2D eigenvalue weighted by Gasteiger charge is -2.29. The third-order valence-electron chi connectivity index (χ3n) is 6.08. The molecule has 1 unspecified atom stereocenters. The van der Waals surface area contributed by atoms with E-state index in [1.807, 2.05) is 6.07 Å². The van der Waals surface area contributed by atoms with E-state index >= 15 is 0 Å². The summed E-state index contributed by atoms with van der Waals surface area (Å²) in [6.07, 6.45) is 0. The molecule has 3 aromatic carbocycles. The van der Waals surface area contributed by atoms with Gasteiger partial charge in [-0.3, -0.25) is 0 Å². The SMILES string of the molecule is CCN(CC)c1ccc(C2C3=C(COC3=O)Nc3ccc4ccccc4c32)cc1. The van der Waals surface area contributed by atoms with E-state index in [1.165, 1.54) is 16.5 Å². The van der Waals surface area contributed by atoms with Gasteiger partial charge in [-0.2, -0.15) is 0 Å². The molecule has 2 aliphatic heterocycles. The first kappa shape index (κ1) is 17.8. The van der Waals surface area contributed by atoms with Crippen LogP contribution in [0.3, 0.4) is 0 Å². The van der Waals surface area contributed by atoms with E-state index in [1.54, 1.807) is 0 Å². The average Bonchev–Trinajstić information content (AvgIpc) is 3.14. The number of nitrogens with zero attached hydrogens (tertiary/aromatic N) is 1. The highest BCUT2D eigenvalue weighted by molar-refractivity contribution is 6.01. The molecule has 0 aromatic heterocycles. The largest absolute Gasteiger partial charge is 0.456 e. The number of anilines is 2. The van der Waals surface area contributed by atoms with Crippen LogP contribution in [0.2, 0.25) is 0 Å². The third-order valence-corrected chi connectivity index (χ3v) is 6.08. The number of hydrogen-bond donors (Lipinski definition) is 1. The molecule has 0 bridgehead atoms. The van der Waals surface area contributed by atoms with Crippen molar-refractivity contribution in [2.24, 2.45) is 0 Å². The second-order valence-electron chi connectivity index (χ2n) is 7.54. The van der Waals surface area contributed by atoms with Gasteiger partial charge in [0.15, 0.2) is 0 Å². The van der Waals surface area contributed by atoms with E-state index in [9.17, 15) is 4.79 Å². The Hall–Kier alpha value is -3.27. The molecule has 2 aliphatic rings. The molecule has 0 saturated carbocycles. The third kappa shape index (κ3) is 2.79. The Labute approximate surface area is 170 Å². The minimum absolute atomic E-state index is 0.131. The van der Waals surface area contributed by atoms with Crippen LogP contribution in [0.1, 0.15) is 30.9 Å². The average molecular weight is 384 g/mol. The molecule has 29 heavy (non-hydrogen) atoms. The summed E-state index contributed by atoms with van der Waals surface area (Å²) in [7, 11) is 0. The van der Waals surface area contributed by atoms with Crippen LogP contribution in [-0.2, 0) is 9.53 Å². The van der Waals surface area contributed by atoms with Crippen molar-refractivity contribution in [2.75, 3.05) is 29.9 Å². The lowest BCUT2D eigenvalue weighted by molar-refractivity contribution is -0.136. The number of carbonyl (C=O) groups excluding carboxylic acids is 1. The second-order valence-corrected chi connectivity index (χ2v) is 7.54. The number of fused-ring (bicyclic) bond motifs is 3. The lowest BCUT2D eigenvalue weighted by Crippen LogP contribution is -2.22. The second kappa shape index (κ2) is 6.96. The molecular weight excluding hydrogens is 360 g/mol. The van der Waals surface area contributed by atoms with Crippen LogP contribution < -0.4 is 10.2 Å². The zero-order chi connectivity index (χ0) is 20.0. The predicted octanol–water partition coefficient (Wildman–Crippen LogP) is 5.05. The Balaban J connectivity index is 1.70. The predicted molar refractivity (Wildman–Crippen MR) is 117 cm³/mol. The zero-order valence-electron chi connectivity index (χ0n) is 16.7. The number of hydrogen-bond acceptors (Lipinski definition) is 4. The van der Waals surface area contributed by atoms with Crippen molar-refractivity contribution in [3.05, 3.63) is 83.1 Å². The van der Waals surface area contributed by atoms with Crippen molar-refractivity contribution in [3.8, 4) is 0 Å². The molecule has 1 atom stereocenters. The molecule has 0 spiro atoms. The Kier molecular flexibility index (Phi) is 4.27. The molecule has 0 fully saturated rings. The molecular formula is C25H24N2O2. The number of rotatable bonds is 4. The van der Waals surface area contributed by atoms with Gasteiger partial charge in [0, 0.05) is 30.4 Å². The Morgan fingerprint density at radius 2 is 1.76 bits per heavy atom. The molecule has 0 amide bonds. The van der Waals surface area contributed by atoms with Crippen molar-refractivity contribution in [1.82, 2.24) is 0 Å².